The van der Waals surface area contributed by atoms with Crippen molar-refractivity contribution in [3.63, 3.8) is 0 Å². The van der Waals surface area contributed by atoms with E-state index in [1.807, 2.05) is 38.4 Å². The Labute approximate surface area is 160 Å². The van der Waals surface area contributed by atoms with Crippen molar-refractivity contribution in [2.45, 2.75) is 12.8 Å². The maximum atomic E-state index is 13.8. The molecule has 0 amide bonds. The lowest BCUT2D eigenvalue weighted by atomic mass is 10.0. The first kappa shape index (κ1) is 19.6. The molecular weight excluding hydrogens is 345 g/mol. The normalized spacial score (nSPS) is 15.1. The van der Waals surface area contributed by atoms with Gasteiger partial charge in [0.05, 0.1) is 6.61 Å². The molecule has 2 aromatic rings. The van der Waals surface area contributed by atoms with Gasteiger partial charge in [0, 0.05) is 25.3 Å². The van der Waals surface area contributed by atoms with E-state index >= 15 is 0 Å². The van der Waals surface area contributed by atoms with Gasteiger partial charge in [-0.2, -0.15) is 0 Å². The molecule has 0 atom stereocenters. The van der Waals surface area contributed by atoms with Crippen LogP contribution >= 0.6 is 0 Å². The Bertz CT molecular complexity index is 712. The van der Waals surface area contributed by atoms with Gasteiger partial charge in [0.1, 0.15) is 23.9 Å². The minimum atomic E-state index is -0.269. The van der Waals surface area contributed by atoms with Crippen LogP contribution in [0, 0.1) is 11.7 Å². The lowest BCUT2D eigenvalue weighted by molar-refractivity contribution is 0.0498. The molecule has 4 nitrogen and oxygen atoms in total. The van der Waals surface area contributed by atoms with Gasteiger partial charge in [0.15, 0.2) is 0 Å². The third-order valence-corrected chi connectivity index (χ3v) is 4.73. The number of benzene rings is 2. The molecule has 0 unspecified atom stereocenters. The average molecular weight is 373 g/mol. The highest BCUT2D eigenvalue weighted by atomic mass is 19.1. The van der Waals surface area contributed by atoms with Crippen molar-refractivity contribution in [3.8, 4) is 22.6 Å². The summed E-state index contributed by atoms with van der Waals surface area (Å²) in [6, 6.07) is 12.4. The number of halogens is 1. The van der Waals surface area contributed by atoms with Crippen LogP contribution in [0.25, 0.3) is 11.1 Å². The van der Waals surface area contributed by atoms with Crippen LogP contribution in [-0.2, 0) is 4.74 Å². The van der Waals surface area contributed by atoms with E-state index in [1.165, 1.54) is 12.1 Å². The molecule has 0 aliphatic carbocycles. The zero-order valence-electron chi connectivity index (χ0n) is 16.1. The summed E-state index contributed by atoms with van der Waals surface area (Å²) < 4.78 is 31.0. The molecule has 0 bridgehead atoms. The molecule has 0 radical (unpaired) electrons. The van der Waals surface area contributed by atoms with Gasteiger partial charge in [-0.25, -0.2) is 4.39 Å². The number of nitrogens with zero attached hydrogens (tertiary/aromatic N) is 1. The molecule has 27 heavy (non-hydrogen) atoms. The van der Waals surface area contributed by atoms with Gasteiger partial charge < -0.3 is 19.1 Å². The number of hydrogen-bond acceptors (Lipinski definition) is 4. The fraction of sp³-hybridized carbons (Fsp3) is 0.455. The smallest absolute Gasteiger partial charge is 0.127 e. The first-order valence-corrected chi connectivity index (χ1v) is 9.50. The predicted octanol–water partition coefficient (Wildman–Crippen LogP) is 4.24. The second-order valence-electron chi connectivity index (χ2n) is 7.18. The highest BCUT2D eigenvalue weighted by Crippen LogP contribution is 2.32. The SMILES string of the molecule is CN(C)CCOc1ccc(-c2cc(F)ccc2OCC2CCOCC2)cc1. The molecule has 0 aromatic heterocycles. The van der Waals surface area contributed by atoms with Crippen molar-refractivity contribution in [1.29, 1.82) is 0 Å². The molecular formula is C22H28FNO3. The molecule has 3 rings (SSSR count). The maximum Gasteiger partial charge on any atom is 0.127 e. The van der Waals surface area contributed by atoms with E-state index in [-0.39, 0.29) is 5.82 Å². The molecule has 0 saturated carbocycles. The molecule has 1 heterocycles. The van der Waals surface area contributed by atoms with Gasteiger partial charge in [-0.05, 0) is 68.8 Å². The zero-order chi connectivity index (χ0) is 19.1. The molecule has 0 spiro atoms. The lowest BCUT2D eigenvalue weighted by Crippen LogP contribution is -2.21. The van der Waals surface area contributed by atoms with Crippen LogP contribution in [0.2, 0.25) is 0 Å². The summed E-state index contributed by atoms with van der Waals surface area (Å²) in [4.78, 5) is 2.07. The van der Waals surface area contributed by atoms with E-state index in [4.69, 9.17) is 14.2 Å². The highest BCUT2D eigenvalue weighted by molar-refractivity contribution is 5.71. The Morgan fingerprint density at radius 2 is 1.78 bits per heavy atom. The van der Waals surface area contributed by atoms with Crippen LogP contribution in [0.4, 0.5) is 4.39 Å². The van der Waals surface area contributed by atoms with Crippen molar-refractivity contribution in [3.05, 3.63) is 48.3 Å². The summed E-state index contributed by atoms with van der Waals surface area (Å²) in [5.41, 5.74) is 1.68. The molecule has 1 saturated heterocycles. The summed E-state index contributed by atoms with van der Waals surface area (Å²) in [5.74, 6) is 1.74. The number of likely N-dealkylation sites (N-methyl/N-ethyl adjacent to an activating group) is 1. The van der Waals surface area contributed by atoms with E-state index < -0.39 is 0 Å². The predicted molar refractivity (Wildman–Crippen MR) is 105 cm³/mol. The van der Waals surface area contributed by atoms with E-state index in [9.17, 15) is 4.39 Å². The molecule has 1 aliphatic heterocycles. The van der Waals surface area contributed by atoms with E-state index in [0.717, 1.165) is 49.5 Å². The summed E-state index contributed by atoms with van der Waals surface area (Å²) in [7, 11) is 4.02. The Morgan fingerprint density at radius 3 is 2.48 bits per heavy atom. The second kappa shape index (κ2) is 9.72. The van der Waals surface area contributed by atoms with Crippen LogP contribution in [0.3, 0.4) is 0 Å². The lowest BCUT2D eigenvalue weighted by Gasteiger charge is -2.23. The van der Waals surface area contributed by atoms with Crippen molar-refractivity contribution in [2.24, 2.45) is 5.92 Å². The van der Waals surface area contributed by atoms with E-state index in [0.29, 0.717) is 24.9 Å². The summed E-state index contributed by atoms with van der Waals surface area (Å²) in [6.45, 7) is 3.70. The highest BCUT2D eigenvalue weighted by Gasteiger charge is 2.16. The largest absolute Gasteiger partial charge is 0.493 e. The van der Waals surface area contributed by atoms with Gasteiger partial charge >= 0.3 is 0 Å². The minimum absolute atomic E-state index is 0.269. The molecule has 2 aromatic carbocycles. The van der Waals surface area contributed by atoms with Gasteiger partial charge in [0.25, 0.3) is 0 Å². The summed E-state index contributed by atoms with van der Waals surface area (Å²) in [6.07, 6.45) is 2.02. The summed E-state index contributed by atoms with van der Waals surface area (Å²) in [5, 5.41) is 0. The van der Waals surface area contributed by atoms with E-state index in [1.54, 1.807) is 6.07 Å². The van der Waals surface area contributed by atoms with Gasteiger partial charge in [-0.1, -0.05) is 12.1 Å². The standard InChI is InChI=1S/C22H28FNO3/c1-24(2)11-14-26-20-6-3-18(4-7-20)21-15-19(23)5-8-22(21)27-16-17-9-12-25-13-10-17/h3-8,15,17H,9-14,16H2,1-2H3. The van der Waals surface area contributed by atoms with Crippen LogP contribution < -0.4 is 9.47 Å². The van der Waals surface area contributed by atoms with Crippen molar-refractivity contribution in [1.82, 2.24) is 4.90 Å². The van der Waals surface area contributed by atoms with Crippen LogP contribution in [0.5, 0.6) is 11.5 Å². The number of ether oxygens (including phenoxy) is 3. The number of rotatable bonds is 8. The first-order chi connectivity index (χ1) is 13.1. The van der Waals surface area contributed by atoms with Crippen LogP contribution in [0.1, 0.15) is 12.8 Å². The molecule has 5 heteroatoms. The molecule has 146 valence electrons. The molecule has 1 aliphatic rings. The molecule has 1 fully saturated rings. The van der Waals surface area contributed by atoms with Gasteiger partial charge in [-0.3, -0.25) is 0 Å². The Morgan fingerprint density at radius 1 is 1.04 bits per heavy atom. The first-order valence-electron chi connectivity index (χ1n) is 9.50. The van der Waals surface area contributed by atoms with Crippen molar-refractivity contribution < 1.29 is 18.6 Å². The van der Waals surface area contributed by atoms with E-state index in [2.05, 4.69) is 4.90 Å². The molecule has 0 N–H and O–H groups in total. The minimum Gasteiger partial charge on any atom is -0.493 e. The topological polar surface area (TPSA) is 30.9 Å². The van der Waals surface area contributed by atoms with Crippen LogP contribution in [-0.4, -0.2) is 52.0 Å². The third kappa shape index (κ3) is 5.94. The fourth-order valence-electron chi connectivity index (χ4n) is 3.05. The van der Waals surface area contributed by atoms with Crippen LogP contribution in [0.15, 0.2) is 42.5 Å². The monoisotopic (exact) mass is 373 g/mol. The number of hydrogen-bond donors (Lipinski definition) is 0. The summed E-state index contributed by atoms with van der Waals surface area (Å²) >= 11 is 0. The second-order valence-corrected chi connectivity index (χ2v) is 7.18. The third-order valence-electron chi connectivity index (χ3n) is 4.73. The quantitative estimate of drug-likeness (QED) is 0.693. The fourth-order valence-corrected chi connectivity index (χ4v) is 3.05. The van der Waals surface area contributed by atoms with Gasteiger partial charge in [0.2, 0.25) is 0 Å². The van der Waals surface area contributed by atoms with Crippen molar-refractivity contribution >= 4 is 0 Å². The Balaban J connectivity index is 1.68. The zero-order valence-corrected chi connectivity index (χ0v) is 16.1. The average Bonchev–Trinajstić information content (AvgIpc) is 2.68. The maximum absolute atomic E-state index is 13.8. The Kier molecular flexibility index (Phi) is 7.07. The van der Waals surface area contributed by atoms with Gasteiger partial charge in [-0.15, -0.1) is 0 Å². The Hall–Kier alpha value is -2.11. The van der Waals surface area contributed by atoms with Crippen molar-refractivity contribution in [2.75, 3.05) is 47.1 Å².